The molecule has 0 fully saturated rings. The van der Waals surface area contributed by atoms with Crippen LogP contribution in [0.25, 0.3) is 44.5 Å². The van der Waals surface area contributed by atoms with Crippen LogP contribution in [0.1, 0.15) is 92.3 Å². The molecule has 0 unspecified atom stereocenters. The van der Waals surface area contributed by atoms with E-state index in [1.807, 2.05) is 0 Å². The number of hydrogen-bond donors (Lipinski definition) is 0. The third-order valence-corrected chi connectivity index (χ3v) is 17.2. The van der Waals surface area contributed by atoms with Crippen molar-refractivity contribution in [3.63, 3.8) is 0 Å². The van der Waals surface area contributed by atoms with Gasteiger partial charge in [-0.1, -0.05) is 180 Å². The first-order chi connectivity index (χ1) is 38.1. The number of para-hydroxylation sites is 2. The summed E-state index contributed by atoms with van der Waals surface area (Å²) in [4.78, 5) is 7.84. The topological polar surface area (TPSA) is 9.72 Å². The van der Waals surface area contributed by atoms with E-state index < -0.39 is 0 Å². The summed E-state index contributed by atoms with van der Waals surface area (Å²) in [6, 6.07) is 81.3. The maximum Gasteiger partial charge on any atom is 0.333 e. The lowest BCUT2D eigenvalue weighted by atomic mass is 9.42. The molecule has 3 nitrogen and oxygen atoms in total. The van der Waals surface area contributed by atoms with Gasteiger partial charge in [0, 0.05) is 56.4 Å². The van der Waals surface area contributed by atoms with Gasteiger partial charge in [-0.2, -0.15) is 0 Å². The highest BCUT2D eigenvalue weighted by molar-refractivity contribution is 6.94. The lowest BCUT2D eigenvalue weighted by molar-refractivity contribution is 0.660. The Bertz CT molecular complexity index is 3870. The Hall–Kier alpha value is -8.34. The molecule has 13 rings (SSSR count). The van der Waals surface area contributed by atoms with Crippen LogP contribution in [-0.2, 0) is 18.3 Å². The number of rotatable bonds is 13. The van der Waals surface area contributed by atoms with Crippen LogP contribution in [0, 0.1) is 20.8 Å². The van der Waals surface area contributed by atoms with E-state index in [9.17, 15) is 0 Å². The largest absolute Gasteiger partial charge is 0.376 e. The third kappa shape index (κ3) is 8.19. The highest BCUT2D eigenvalue weighted by Crippen LogP contribution is 2.55. The molecule has 10 aromatic carbocycles. The highest BCUT2D eigenvalue weighted by atomic mass is 15.2. The second-order valence-electron chi connectivity index (χ2n) is 22.7. The molecule has 0 bridgehead atoms. The summed E-state index contributed by atoms with van der Waals surface area (Å²) in [7, 11) is 0. The minimum atomic E-state index is -0.213. The summed E-state index contributed by atoms with van der Waals surface area (Å²) < 4.78 is 0. The summed E-state index contributed by atoms with van der Waals surface area (Å²) in [5, 5.41) is 0. The van der Waals surface area contributed by atoms with Crippen LogP contribution in [0.2, 0.25) is 0 Å². The summed E-state index contributed by atoms with van der Waals surface area (Å²) in [6.07, 6.45) is 6.80. The second kappa shape index (κ2) is 19.9. The molecule has 3 aliphatic rings. The summed E-state index contributed by atoms with van der Waals surface area (Å²) in [5.74, 6) is 0. The first-order valence-electron chi connectivity index (χ1n) is 28.6. The molecule has 78 heavy (non-hydrogen) atoms. The van der Waals surface area contributed by atoms with E-state index in [2.05, 4.69) is 275 Å². The lowest BCUT2D eigenvalue weighted by Gasteiger charge is -2.47. The van der Waals surface area contributed by atoms with Gasteiger partial charge in [-0.15, -0.1) is 0 Å². The molecule has 1 aliphatic carbocycles. The molecule has 2 heterocycles. The van der Waals surface area contributed by atoms with Crippen molar-refractivity contribution >= 4 is 63.3 Å². The van der Waals surface area contributed by atoms with E-state index in [1.54, 1.807) is 0 Å². The smallest absolute Gasteiger partial charge is 0.333 e. The third-order valence-electron chi connectivity index (χ3n) is 17.2. The molecule has 0 saturated carbocycles. The Morgan fingerprint density at radius 3 is 1.76 bits per heavy atom. The molecule has 0 N–H and O–H groups in total. The average Bonchev–Trinajstić information content (AvgIpc) is 3.70. The molecule has 0 amide bonds. The van der Waals surface area contributed by atoms with E-state index in [0.29, 0.717) is 0 Å². The normalized spacial score (nSPS) is 13.4. The average molecular weight is 1010 g/mol. The van der Waals surface area contributed by atoms with E-state index in [4.69, 9.17) is 0 Å². The Morgan fingerprint density at radius 2 is 1.04 bits per heavy atom. The van der Waals surface area contributed by atoms with Crippen LogP contribution in [-0.4, -0.2) is 6.85 Å². The van der Waals surface area contributed by atoms with Crippen molar-refractivity contribution in [2.45, 2.75) is 92.4 Å². The van der Waals surface area contributed by atoms with Crippen LogP contribution in [0.5, 0.6) is 0 Å². The Kier molecular flexibility index (Phi) is 12.6. The highest BCUT2D eigenvalue weighted by Gasteiger charge is 2.50. The predicted octanol–water partition coefficient (Wildman–Crippen LogP) is 19.1. The number of nitrogens with zero attached hydrogens (tertiary/aromatic N) is 3. The lowest BCUT2D eigenvalue weighted by Crippen LogP contribution is -2.62. The fourth-order valence-corrected chi connectivity index (χ4v) is 13.7. The molecule has 0 radical (unpaired) electrons. The van der Waals surface area contributed by atoms with Crippen molar-refractivity contribution < 1.29 is 0 Å². The number of aryl methyl sites for hydroxylation is 5. The van der Waals surface area contributed by atoms with Gasteiger partial charge in [0.1, 0.15) is 0 Å². The van der Waals surface area contributed by atoms with Crippen LogP contribution in [0.4, 0.5) is 45.5 Å². The van der Waals surface area contributed by atoms with Crippen molar-refractivity contribution in [1.82, 2.24) is 0 Å². The van der Waals surface area contributed by atoms with Crippen LogP contribution >= 0.6 is 0 Å². The van der Waals surface area contributed by atoms with Gasteiger partial charge in [0.25, 0.3) is 0 Å². The molecule has 2 aliphatic heterocycles. The second-order valence-corrected chi connectivity index (χ2v) is 22.7. The first-order valence-corrected chi connectivity index (χ1v) is 28.6. The summed E-state index contributed by atoms with van der Waals surface area (Å²) in [5.41, 5.74) is 31.3. The van der Waals surface area contributed by atoms with E-state index in [1.165, 1.54) is 130 Å². The van der Waals surface area contributed by atoms with Crippen molar-refractivity contribution in [3.05, 3.63) is 251 Å². The minimum Gasteiger partial charge on any atom is -0.376 e. The number of hydrogen-bond acceptors (Lipinski definition) is 3. The predicted molar refractivity (Wildman–Crippen MR) is 335 cm³/mol. The van der Waals surface area contributed by atoms with Gasteiger partial charge in [0.2, 0.25) is 0 Å². The van der Waals surface area contributed by atoms with E-state index in [0.717, 1.165) is 48.4 Å². The number of unbranched alkanes of at least 4 members (excludes halogenated alkanes) is 2. The molecule has 382 valence electrons. The van der Waals surface area contributed by atoms with Gasteiger partial charge in [0.15, 0.2) is 0 Å². The van der Waals surface area contributed by atoms with Crippen molar-refractivity contribution in [3.8, 4) is 44.5 Å². The van der Waals surface area contributed by atoms with Crippen molar-refractivity contribution in [2.75, 3.05) is 14.6 Å². The maximum atomic E-state index is 2.71. The molecule has 0 spiro atoms. The zero-order valence-corrected chi connectivity index (χ0v) is 46.4. The minimum absolute atomic E-state index is 0.204. The molecule has 4 heteroatoms. The number of anilines is 8. The van der Waals surface area contributed by atoms with Gasteiger partial charge < -0.3 is 14.6 Å². The van der Waals surface area contributed by atoms with Crippen molar-refractivity contribution in [2.24, 2.45) is 0 Å². The Morgan fingerprint density at radius 1 is 0.423 bits per heavy atom. The van der Waals surface area contributed by atoms with E-state index >= 15 is 0 Å². The summed E-state index contributed by atoms with van der Waals surface area (Å²) in [6.45, 7) is 16.0. The SMILES string of the molecule is CCCCc1ccc(N(c2ccccc2)c2ccc3c(c2)N(c2ccccc2)B2c4c-3cc(-c3c(C)cc(C)cc3C)cc4N(c3ccc(CCCC)cc3-c3ccccc3)c3ccc4c(c32)-c2ccccc2C4(C)C)cc1. The summed E-state index contributed by atoms with van der Waals surface area (Å²) >= 11 is 0. The molecule has 0 atom stereocenters. The molecule has 10 aromatic rings. The monoisotopic (exact) mass is 1010 g/mol. The zero-order valence-electron chi connectivity index (χ0n) is 46.4. The quantitative estimate of drug-likeness (QED) is 0.107. The van der Waals surface area contributed by atoms with Crippen LogP contribution < -0.4 is 25.5 Å². The van der Waals surface area contributed by atoms with Gasteiger partial charge in [-0.25, -0.2) is 0 Å². The van der Waals surface area contributed by atoms with Gasteiger partial charge >= 0.3 is 6.85 Å². The number of fused-ring (bicyclic) bond motifs is 8. The number of benzene rings is 10. The fourth-order valence-electron chi connectivity index (χ4n) is 13.7. The fraction of sp³-hybridized carbons (Fsp3) is 0.189. The van der Waals surface area contributed by atoms with E-state index in [-0.39, 0.29) is 12.3 Å². The van der Waals surface area contributed by atoms with Gasteiger partial charge in [-0.3, -0.25) is 0 Å². The Balaban J connectivity index is 1.16. The van der Waals surface area contributed by atoms with Gasteiger partial charge in [-0.05, 0) is 203 Å². The molecular weight excluding hydrogens is 942 g/mol. The standard InChI is InChI=1S/C74H68BN3/c1-8-10-23-52-33-36-57(37-34-52)76(56-27-17-13-18-28-56)59-38-39-60-63-46-55(70-50(4)43-49(3)44-51(70)5)47-69-72(63)75(78(68(60)48-59)58-29-19-14-20-30-58)73-67(42-40-65-71(73)61-31-21-22-32-64(61)74(65,6)7)77(69)66-41-35-53(24-11-9-2)45-62(66)54-25-15-12-16-26-54/h12-22,25-48H,8-11,23-24H2,1-7H3. The van der Waals surface area contributed by atoms with Crippen LogP contribution in [0.3, 0.4) is 0 Å². The van der Waals surface area contributed by atoms with Crippen LogP contribution in [0.15, 0.2) is 212 Å². The zero-order chi connectivity index (χ0) is 53.2. The molecule has 0 aromatic heterocycles. The molecular formula is C74H68BN3. The van der Waals surface area contributed by atoms with Gasteiger partial charge in [0.05, 0.1) is 5.69 Å². The Labute approximate surface area is 463 Å². The first kappa shape index (κ1) is 49.3. The molecule has 0 saturated heterocycles. The van der Waals surface area contributed by atoms with Crippen molar-refractivity contribution in [1.29, 1.82) is 0 Å². The maximum absolute atomic E-state index is 2.71.